The van der Waals surface area contributed by atoms with Crippen LogP contribution in [-0.2, 0) is 0 Å². The van der Waals surface area contributed by atoms with Gasteiger partial charge in [0.1, 0.15) is 49.6 Å². The smallest absolute Gasteiger partial charge is 0.147 e. The summed E-state index contributed by atoms with van der Waals surface area (Å²) in [6, 6.07) is 1.86. The number of aromatic nitrogens is 18. The van der Waals surface area contributed by atoms with E-state index in [0.717, 1.165) is 34.2 Å². The molecule has 358 valence electrons. The van der Waals surface area contributed by atoms with E-state index in [1.54, 1.807) is 68.9 Å². The average molecular weight is 889 g/mol. The lowest BCUT2D eigenvalue weighted by Gasteiger charge is -1.81. The van der Waals surface area contributed by atoms with E-state index < -0.39 is 0 Å². The SMILES string of the molecule is C.CC.CC.CC.CC.CC.CC.CC.Cc1ccncn1.Cc1cnccn1.Cc1cncnc1.Cc1cncnn1.Cc1cnncn1.Cc1nccnn1.Cc1ncncn1. The second-order valence-electron chi connectivity index (χ2n) is 8.99. The van der Waals surface area contributed by atoms with Gasteiger partial charge in [0.05, 0.1) is 35.7 Å². The van der Waals surface area contributed by atoms with Gasteiger partial charge in [0.2, 0.25) is 0 Å². The van der Waals surface area contributed by atoms with Crippen molar-refractivity contribution in [3.63, 3.8) is 0 Å². The van der Waals surface area contributed by atoms with Crippen molar-refractivity contribution in [1.82, 2.24) is 90.4 Å². The zero-order valence-electron chi connectivity index (χ0n) is 42.4. The first-order valence-corrected chi connectivity index (χ1v) is 21.3. The van der Waals surface area contributed by atoms with Crippen molar-refractivity contribution in [2.75, 3.05) is 0 Å². The third-order valence-corrected chi connectivity index (χ3v) is 4.55. The van der Waals surface area contributed by atoms with Gasteiger partial charge in [-0.2, -0.15) is 15.3 Å². The molecule has 0 fully saturated rings. The van der Waals surface area contributed by atoms with Crippen molar-refractivity contribution in [2.24, 2.45) is 0 Å². The fourth-order valence-electron chi connectivity index (χ4n) is 2.33. The van der Waals surface area contributed by atoms with E-state index >= 15 is 0 Å². The lowest BCUT2D eigenvalue weighted by Crippen LogP contribution is -1.85. The number of hydrogen-bond donors (Lipinski definition) is 0. The molecule has 7 aromatic rings. The molecule has 0 aliphatic carbocycles. The molecule has 0 radical (unpaired) electrons. The molecule has 0 atom stereocenters. The third-order valence-electron chi connectivity index (χ3n) is 4.55. The minimum absolute atomic E-state index is 0. The highest BCUT2D eigenvalue weighted by Gasteiger charge is 1.79. The summed E-state index contributed by atoms with van der Waals surface area (Å²) >= 11 is 0. The second-order valence-corrected chi connectivity index (χ2v) is 8.99. The van der Waals surface area contributed by atoms with Crippen LogP contribution in [0.1, 0.15) is 144 Å². The molecule has 0 amide bonds. The Hall–Kier alpha value is -6.72. The summed E-state index contributed by atoms with van der Waals surface area (Å²) in [7, 11) is 0. The molecule has 7 aromatic heterocycles. The summed E-state index contributed by atoms with van der Waals surface area (Å²) < 4.78 is 0. The molecule has 0 saturated carbocycles. The Bertz CT molecular complexity index is 1330. The Morgan fingerprint density at radius 2 is 0.781 bits per heavy atom. The predicted octanol–water partition coefficient (Wildman–Crippen LogP) is 10.9. The topological polar surface area (TPSA) is 232 Å². The molecule has 0 aliphatic heterocycles. The Kier molecular flexibility index (Phi) is 82.7. The Morgan fingerprint density at radius 3 is 1.00 bits per heavy atom. The summed E-state index contributed by atoms with van der Waals surface area (Å²) in [5, 5.41) is 21.4. The van der Waals surface area contributed by atoms with E-state index in [2.05, 4.69) is 90.4 Å². The van der Waals surface area contributed by atoms with Crippen LogP contribution in [0, 0.1) is 48.5 Å². The molecule has 0 unspecified atom stereocenters. The average Bonchev–Trinajstić information content (AvgIpc) is 3.36. The molecule has 0 aliphatic rings. The van der Waals surface area contributed by atoms with Crippen LogP contribution in [0.25, 0.3) is 0 Å². The van der Waals surface area contributed by atoms with Crippen LogP contribution in [0.15, 0.2) is 106 Å². The largest absolute Gasteiger partial charge is 0.261 e. The lowest BCUT2D eigenvalue weighted by molar-refractivity contribution is 0.907. The fraction of sp³-hybridized carbons (Fsp3) is 0.478. The first kappa shape index (κ1) is 74.7. The third kappa shape index (κ3) is 67.1. The van der Waals surface area contributed by atoms with E-state index in [9.17, 15) is 0 Å². The standard InChI is InChI=1S/3C5H6N2.4C4H5N3.7C2H6.CH4/c1-5-2-6-4-7-3-5;1-5-4-6-2-3-7-5;1-5-2-3-6-4-7-5;1-4-6-2-5-3-7-4;1-4-2-6-7-3-5-4;1-4-2-5-3-6-7-4;1-4-5-2-3-6-7-4;7*1-2;/h3*2-4H,1H3;4*2-3H,1H3;7*1-2H3;1H4. The number of nitrogens with zero attached hydrogens (tertiary/aromatic N) is 18. The molecule has 7 rings (SSSR count). The van der Waals surface area contributed by atoms with Crippen LogP contribution in [0.5, 0.6) is 0 Å². The summed E-state index contributed by atoms with van der Waals surface area (Å²) in [6.45, 7) is 41.1. The van der Waals surface area contributed by atoms with Crippen LogP contribution in [-0.4, -0.2) is 90.4 Å². The van der Waals surface area contributed by atoms with Gasteiger partial charge in [-0.25, -0.2) is 49.8 Å². The maximum atomic E-state index is 3.92. The van der Waals surface area contributed by atoms with Crippen LogP contribution in [0.4, 0.5) is 0 Å². The van der Waals surface area contributed by atoms with Crippen molar-refractivity contribution in [1.29, 1.82) is 0 Å². The van der Waals surface area contributed by atoms with E-state index in [-0.39, 0.29) is 7.43 Å². The van der Waals surface area contributed by atoms with Crippen LogP contribution >= 0.6 is 0 Å². The summed E-state index contributed by atoms with van der Waals surface area (Å²) in [4.78, 5) is 45.3. The van der Waals surface area contributed by atoms with E-state index in [1.165, 1.54) is 38.0 Å². The lowest BCUT2D eigenvalue weighted by atomic mass is 10.4. The van der Waals surface area contributed by atoms with Crippen molar-refractivity contribution < 1.29 is 0 Å². The van der Waals surface area contributed by atoms with Crippen molar-refractivity contribution >= 4 is 0 Å². The highest BCUT2D eigenvalue weighted by atomic mass is 15.1. The summed E-state index contributed by atoms with van der Waals surface area (Å²) in [5.74, 6) is 1.47. The van der Waals surface area contributed by atoms with Gasteiger partial charge in [-0.15, -0.1) is 15.3 Å². The first-order chi connectivity index (χ1) is 30.8. The normalized spacial score (nSPS) is 7.33. The van der Waals surface area contributed by atoms with E-state index in [0.29, 0.717) is 5.82 Å². The zero-order chi connectivity index (χ0) is 49.8. The van der Waals surface area contributed by atoms with E-state index in [4.69, 9.17) is 0 Å². The zero-order valence-corrected chi connectivity index (χ0v) is 42.4. The Balaban J connectivity index is -0.0000000908. The van der Waals surface area contributed by atoms with Crippen LogP contribution < -0.4 is 0 Å². The van der Waals surface area contributed by atoms with Gasteiger partial charge in [0.25, 0.3) is 0 Å². The highest BCUT2D eigenvalue weighted by molar-refractivity contribution is 4.97. The maximum absolute atomic E-state index is 3.92. The van der Waals surface area contributed by atoms with Gasteiger partial charge in [0, 0.05) is 49.1 Å². The van der Waals surface area contributed by atoms with Gasteiger partial charge in [-0.1, -0.05) is 104 Å². The molecule has 0 spiro atoms. The second kappa shape index (κ2) is 70.8. The Morgan fingerprint density at radius 1 is 0.281 bits per heavy atom. The van der Waals surface area contributed by atoms with Crippen LogP contribution in [0.3, 0.4) is 0 Å². The quantitative estimate of drug-likeness (QED) is 0.138. The molecular weight excluding hydrogens is 805 g/mol. The number of aryl methyl sites for hydroxylation is 7. The highest BCUT2D eigenvalue weighted by Crippen LogP contribution is 1.85. The monoisotopic (exact) mass is 889 g/mol. The summed E-state index contributed by atoms with van der Waals surface area (Å²) in [5.41, 5.74) is 4.82. The number of rotatable bonds is 0. The van der Waals surface area contributed by atoms with Gasteiger partial charge < -0.3 is 0 Å². The van der Waals surface area contributed by atoms with Crippen molar-refractivity contribution in [2.45, 2.75) is 153 Å². The molecule has 18 heteroatoms. The number of hydrogen-bond acceptors (Lipinski definition) is 18. The molecule has 7 heterocycles. The molecule has 0 N–H and O–H groups in total. The fourth-order valence-corrected chi connectivity index (χ4v) is 2.33. The van der Waals surface area contributed by atoms with Gasteiger partial charge in [-0.05, 0) is 60.1 Å². The molecule has 18 nitrogen and oxygen atoms in total. The maximum Gasteiger partial charge on any atom is 0.147 e. The molecule has 0 saturated heterocycles. The predicted molar refractivity (Wildman–Crippen MR) is 265 cm³/mol. The van der Waals surface area contributed by atoms with Gasteiger partial charge in [0.15, 0.2) is 0 Å². The van der Waals surface area contributed by atoms with E-state index in [1.807, 2.05) is 145 Å². The minimum atomic E-state index is 0. The van der Waals surface area contributed by atoms with Crippen LogP contribution in [0.2, 0.25) is 0 Å². The van der Waals surface area contributed by atoms with Crippen molar-refractivity contribution in [3.05, 3.63) is 146 Å². The molecule has 0 aromatic carbocycles. The minimum Gasteiger partial charge on any atom is -0.261 e. The molecular formula is C46H84N18. The summed E-state index contributed by atoms with van der Waals surface area (Å²) in [6.07, 6.45) is 25.6. The van der Waals surface area contributed by atoms with Crippen molar-refractivity contribution in [3.8, 4) is 0 Å². The molecule has 64 heavy (non-hydrogen) atoms. The van der Waals surface area contributed by atoms with Gasteiger partial charge in [-0.3, -0.25) is 9.97 Å². The van der Waals surface area contributed by atoms with Gasteiger partial charge >= 0.3 is 0 Å². The Labute approximate surface area is 388 Å². The molecule has 0 bridgehead atoms. The first-order valence-electron chi connectivity index (χ1n) is 21.3.